The van der Waals surface area contributed by atoms with Gasteiger partial charge in [0.25, 0.3) is 0 Å². The summed E-state index contributed by atoms with van der Waals surface area (Å²) >= 11 is 6.11. The van der Waals surface area contributed by atoms with Crippen LogP contribution in [0.15, 0.2) is 48.8 Å². The Hall–Kier alpha value is -2.98. The fourth-order valence-corrected chi connectivity index (χ4v) is 4.74. The first-order valence-corrected chi connectivity index (χ1v) is 10.8. The molecule has 1 aliphatic carbocycles. The van der Waals surface area contributed by atoms with E-state index in [2.05, 4.69) is 9.97 Å². The van der Waals surface area contributed by atoms with Crippen LogP contribution in [-0.4, -0.2) is 53.3 Å². The lowest BCUT2D eigenvalue weighted by Crippen LogP contribution is -2.31. The number of hydrogen-bond acceptors (Lipinski definition) is 7. The molecule has 1 aliphatic rings. The number of aliphatic hydroxyl groups excluding tert-OH is 2. The number of aromatic nitrogens is 5. The number of hydrogen-bond donors (Lipinski definition) is 4. The summed E-state index contributed by atoms with van der Waals surface area (Å²) in [6.45, 7) is 0.908. The van der Waals surface area contributed by atoms with Crippen molar-refractivity contribution in [3.05, 3.63) is 59.6 Å². The van der Waals surface area contributed by atoms with Crippen molar-refractivity contribution in [3.63, 3.8) is 0 Å². The maximum absolute atomic E-state index is 10.7. The number of nitrogens with zero attached hydrogens (tertiary/aromatic N) is 5. The molecule has 0 amide bonds. The Labute approximate surface area is 189 Å². The van der Waals surface area contributed by atoms with Crippen molar-refractivity contribution in [1.29, 1.82) is 0 Å². The average molecular weight is 454 g/mol. The molecule has 0 radical (unpaired) electrons. The van der Waals surface area contributed by atoms with Crippen LogP contribution in [-0.2, 0) is 6.54 Å². The van der Waals surface area contributed by atoms with Crippen LogP contribution in [0.2, 0.25) is 5.28 Å². The van der Waals surface area contributed by atoms with Gasteiger partial charge in [-0.15, -0.1) is 0 Å². The van der Waals surface area contributed by atoms with E-state index < -0.39 is 18.2 Å². The first-order chi connectivity index (χ1) is 15.5. The topological polar surface area (TPSA) is 141 Å². The van der Waals surface area contributed by atoms with E-state index in [1.807, 2.05) is 58.0 Å². The van der Waals surface area contributed by atoms with Gasteiger partial charge in [-0.2, -0.15) is 10.1 Å². The van der Waals surface area contributed by atoms with Crippen LogP contribution >= 0.6 is 11.6 Å². The summed E-state index contributed by atoms with van der Waals surface area (Å²) in [7, 11) is 0. The molecule has 6 N–H and O–H groups in total. The van der Waals surface area contributed by atoms with Gasteiger partial charge < -0.3 is 26.2 Å². The normalized spacial score (nSPS) is 23.2. The van der Waals surface area contributed by atoms with E-state index in [-0.39, 0.29) is 23.6 Å². The second kappa shape index (κ2) is 8.18. The molecular formula is C22H24ClN7O2. The van der Waals surface area contributed by atoms with Crippen LogP contribution in [0.4, 0.5) is 5.82 Å². The zero-order valence-corrected chi connectivity index (χ0v) is 18.0. The first-order valence-electron chi connectivity index (χ1n) is 10.4. The van der Waals surface area contributed by atoms with E-state index in [1.165, 1.54) is 0 Å². The van der Waals surface area contributed by atoms with Crippen LogP contribution in [0.25, 0.3) is 22.3 Å². The van der Waals surface area contributed by atoms with Crippen molar-refractivity contribution in [2.75, 3.05) is 12.3 Å². The minimum absolute atomic E-state index is 0.0129. The van der Waals surface area contributed by atoms with Gasteiger partial charge >= 0.3 is 0 Å². The lowest BCUT2D eigenvalue weighted by atomic mass is 10.1. The minimum atomic E-state index is -0.988. The third-order valence-electron chi connectivity index (χ3n) is 6.21. The molecule has 32 heavy (non-hydrogen) atoms. The van der Waals surface area contributed by atoms with E-state index in [0.29, 0.717) is 29.7 Å². The predicted octanol–water partition coefficient (Wildman–Crippen LogP) is 1.82. The maximum Gasteiger partial charge on any atom is 0.226 e. The molecule has 1 saturated carbocycles. The van der Waals surface area contributed by atoms with Crippen molar-refractivity contribution in [1.82, 2.24) is 24.3 Å². The molecule has 166 valence electrons. The number of fused-ring (bicyclic) bond motifs is 1. The van der Waals surface area contributed by atoms with Gasteiger partial charge in [-0.1, -0.05) is 30.3 Å². The molecule has 0 aliphatic heterocycles. The smallest absolute Gasteiger partial charge is 0.226 e. The zero-order valence-electron chi connectivity index (χ0n) is 17.2. The minimum Gasteiger partial charge on any atom is -0.390 e. The lowest BCUT2D eigenvalue weighted by molar-refractivity contribution is 0.00823. The fourth-order valence-electron chi connectivity index (χ4n) is 4.57. The number of benzene rings is 1. The second-order valence-corrected chi connectivity index (χ2v) is 8.53. The molecule has 5 rings (SSSR count). The molecule has 3 heterocycles. The molecule has 10 heteroatoms. The van der Waals surface area contributed by atoms with E-state index in [9.17, 15) is 10.2 Å². The molecule has 4 aromatic rings. The van der Waals surface area contributed by atoms with Crippen molar-refractivity contribution in [3.8, 4) is 11.3 Å². The van der Waals surface area contributed by atoms with E-state index in [0.717, 1.165) is 11.1 Å². The lowest BCUT2D eigenvalue weighted by Gasteiger charge is -2.19. The Morgan fingerprint density at radius 2 is 1.88 bits per heavy atom. The third-order valence-corrected chi connectivity index (χ3v) is 6.38. The maximum atomic E-state index is 10.7. The van der Waals surface area contributed by atoms with Crippen molar-refractivity contribution >= 4 is 28.5 Å². The molecule has 4 unspecified atom stereocenters. The number of rotatable bonds is 5. The van der Waals surface area contributed by atoms with Crippen LogP contribution < -0.4 is 11.5 Å². The Bertz CT molecular complexity index is 1260. The van der Waals surface area contributed by atoms with Gasteiger partial charge in [-0.05, 0) is 36.2 Å². The molecule has 0 spiro atoms. The van der Waals surface area contributed by atoms with Gasteiger partial charge in [-0.25, -0.2) is 4.98 Å². The van der Waals surface area contributed by atoms with Crippen molar-refractivity contribution in [2.45, 2.75) is 31.2 Å². The summed E-state index contributed by atoms with van der Waals surface area (Å²) in [4.78, 5) is 8.51. The monoisotopic (exact) mass is 453 g/mol. The van der Waals surface area contributed by atoms with Gasteiger partial charge in [0.15, 0.2) is 0 Å². The highest BCUT2D eigenvalue weighted by Gasteiger charge is 2.42. The molecule has 1 aromatic carbocycles. The summed E-state index contributed by atoms with van der Waals surface area (Å²) in [5.74, 6) is 0.0189. The van der Waals surface area contributed by atoms with Crippen LogP contribution in [0.5, 0.6) is 0 Å². The molecule has 0 bridgehead atoms. The number of nitrogens with two attached hydrogens (primary N) is 2. The molecule has 1 fully saturated rings. The Morgan fingerprint density at radius 3 is 2.59 bits per heavy atom. The highest BCUT2D eigenvalue weighted by atomic mass is 35.5. The quantitative estimate of drug-likeness (QED) is 0.338. The van der Waals surface area contributed by atoms with Gasteiger partial charge in [0.1, 0.15) is 17.6 Å². The van der Waals surface area contributed by atoms with Crippen molar-refractivity contribution in [2.24, 2.45) is 11.7 Å². The first kappa shape index (κ1) is 20.9. The molecule has 0 saturated heterocycles. The van der Waals surface area contributed by atoms with E-state index in [4.69, 9.17) is 28.2 Å². The number of aliphatic hydroxyl groups is 2. The standard InChI is InChI=1S/C22H24ClN7O2/c23-22-26-20(25)17-14(15-6-7-29(28-15)10-12-4-2-1-3-5-12)11-30(21(17)27-22)16-8-13(9-24)18(31)19(16)32/h1-7,11,13,16,18-19,31-32H,8-10,24H2,(H2,25,26,27). The van der Waals surface area contributed by atoms with E-state index in [1.54, 1.807) is 0 Å². The van der Waals surface area contributed by atoms with Crippen LogP contribution in [0.1, 0.15) is 18.0 Å². The SMILES string of the molecule is NCC1CC(n2cc(-c3ccn(Cc4ccccc4)n3)c3c(N)nc(Cl)nc32)C(O)C1O. The Morgan fingerprint density at radius 1 is 1.09 bits per heavy atom. The highest BCUT2D eigenvalue weighted by Crippen LogP contribution is 2.41. The van der Waals surface area contributed by atoms with Gasteiger partial charge in [0.2, 0.25) is 5.28 Å². The molecular weight excluding hydrogens is 430 g/mol. The average Bonchev–Trinajstić information content (AvgIpc) is 3.46. The third kappa shape index (κ3) is 3.53. The summed E-state index contributed by atoms with van der Waals surface area (Å²) < 4.78 is 3.66. The van der Waals surface area contributed by atoms with Gasteiger partial charge in [0.05, 0.1) is 29.8 Å². The second-order valence-electron chi connectivity index (χ2n) is 8.19. The molecule has 3 aromatic heterocycles. The van der Waals surface area contributed by atoms with E-state index >= 15 is 0 Å². The number of nitrogen functional groups attached to an aromatic ring is 1. The van der Waals surface area contributed by atoms with Crippen LogP contribution in [0.3, 0.4) is 0 Å². The summed E-state index contributed by atoms with van der Waals surface area (Å²) in [5.41, 5.74) is 15.1. The zero-order chi connectivity index (χ0) is 22.4. The fraction of sp³-hybridized carbons (Fsp3) is 0.318. The Kier molecular flexibility index (Phi) is 5.34. The Balaban J connectivity index is 1.59. The van der Waals surface area contributed by atoms with Gasteiger partial charge in [0, 0.05) is 23.9 Å². The summed E-state index contributed by atoms with van der Waals surface area (Å²) in [6, 6.07) is 11.5. The summed E-state index contributed by atoms with van der Waals surface area (Å²) in [5, 5.41) is 26.4. The molecule has 4 atom stereocenters. The van der Waals surface area contributed by atoms with Crippen LogP contribution in [0, 0.1) is 5.92 Å². The number of anilines is 1. The predicted molar refractivity (Wildman–Crippen MR) is 122 cm³/mol. The largest absolute Gasteiger partial charge is 0.390 e. The highest BCUT2D eigenvalue weighted by molar-refractivity contribution is 6.29. The molecule has 9 nitrogen and oxygen atoms in total. The number of halogens is 1. The van der Waals surface area contributed by atoms with Gasteiger partial charge in [-0.3, -0.25) is 4.68 Å². The van der Waals surface area contributed by atoms with Crippen molar-refractivity contribution < 1.29 is 10.2 Å². The summed E-state index contributed by atoms with van der Waals surface area (Å²) in [6.07, 6.45) is 2.35.